The molecule has 0 aliphatic carbocycles. The number of furan rings is 1. The molecule has 8 nitrogen and oxygen atoms in total. The molecule has 0 spiro atoms. The van der Waals surface area contributed by atoms with Crippen molar-refractivity contribution >= 4 is 17.3 Å². The van der Waals surface area contributed by atoms with Crippen LogP contribution in [0.3, 0.4) is 0 Å². The van der Waals surface area contributed by atoms with E-state index in [4.69, 9.17) is 9.15 Å². The van der Waals surface area contributed by atoms with Crippen molar-refractivity contribution in [1.29, 1.82) is 0 Å². The van der Waals surface area contributed by atoms with Gasteiger partial charge in [-0.2, -0.15) is 0 Å². The van der Waals surface area contributed by atoms with Crippen LogP contribution in [0.25, 0.3) is 0 Å². The molecule has 0 saturated carbocycles. The van der Waals surface area contributed by atoms with Crippen molar-refractivity contribution in [2.24, 2.45) is 0 Å². The van der Waals surface area contributed by atoms with Gasteiger partial charge >= 0.3 is 0 Å². The highest BCUT2D eigenvalue weighted by molar-refractivity contribution is 5.95. The number of hydrogen-bond acceptors (Lipinski definition) is 5. The number of non-ortho nitro benzene ring substituents is 1. The Labute approximate surface area is 139 Å². The molecule has 24 heavy (non-hydrogen) atoms. The van der Waals surface area contributed by atoms with E-state index in [0.717, 1.165) is 10.7 Å². The van der Waals surface area contributed by atoms with Gasteiger partial charge < -0.3 is 19.4 Å². The number of likely N-dealkylation sites (N-methyl/N-ethyl adjacent to an activating group) is 1. The molecule has 2 atom stereocenters. The first kappa shape index (κ1) is 17.5. The number of carbonyl (C=O) groups excluding carboxylic acids is 1. The second kappa shape index (κ2) is 7.60. The van der Waals surface area contributed by atoms with Crippen molar-refractivity contribution in [3.8, 4) is 5.75 Å². The summed E-state index contributed by atoms with van der Waals surface area (Å²) in [7, 11) is 3.28. The van der Waals surface area contributed by atoms with E-state index in [-0.39, 0.29) is 23.4 Å². The summed E-state index contributed by atoms with van der Waals surface area (Å²) >= 11 is 0. The van der Waals surface area contributed by atoms with Gasteiger partial charge in [-0.15, -0.1) is 0 Å². The van der Waals surface area contributed by atoms with Gasteiger partial charge in [0.05, 0.1) is 37.1 Å². The first-order valence-electron chi connectivity index (χ1n) is 7.40. The first-order chi connectivity index (χ1) is 11.4. The number of carbonyl (C=O) groups is 1. The molecule has 2 rings (SSSR count). The van der Waals surface area contributed by atoms with Crippen molar-refractivity contribution in [3.63, 3.8) is 0 Å². The number of quaternary nitrogens is 1. The third-order valence-electron chi connectivity index (χ3n) is 3.82. The molecule has 8 heteroatoms. The van der Waals surface area contributed by atoms with Crippen molar-refractivity contribution in [1.82, 2.24) is 0 Å². The third-order valence-corrected chi connectivity index (χ3v) is 3.82. The van der Waals surface area contributed by atoms with Gasteiger partial charge in [0, 0.05) is 6.07 Å². The lowest BCUT2D eigenvalue weighted by Gasteiger charge is -2.20. The fourth-order valence-corrected chi connectivity index (χ4v) is 2.20. The molecular weight excluding hydrogens is 314 g/mol. The zero-order valence-corrected chi connectivity index (χ0v) is 13.7. The highest BCUT2D eigenvalue weighted by atomic mass is 16.6. The maximum absolute atomic E-state index is 12.4. The maximum Gasteiger partial charge on any atom is 0.282 e. The standard InChI is InChI=1S/C16H19N3O5/c1-11(18(2)10-13-5-4-8-24-13)16(20)17-14-7-6-12(19(21)22)9-15(14)23-3/h4-9,11H,10H2,1-3H3,(H,17,20)/p+1/t11-/m0/s1. The van der Waals surface area contributed by atoms with E-state index in [1.54, 1.807) is 19.3 Å². The number of nitro groups is 1. The van der Waals surface area contributed by atoms with Crippen LogP contribution in [0.2, 0.25) is 0 Å². The van der Waals surface area contributed by atoms with Gasteiger partial charge in [-0.3, -0.25) is 14.9 Å². The SMILES string of the molecule is COc1cc([N+](=O)[O-])ccc1NC(=O)[C@H](C)[NH+](C)Cc1ccco1. The fraction of sp³-hybridized carbons (Fsp3) is 0.312. The Kier molecular flexibility index (Phi) is 5.54. The number of hydrogen-bond donors (Lipinski definition) is 2. The number of rotatable bonds is 7. The number of nitrogens with zero attached hydrogens (tertiary/aromatic N) is 1. The molecule has 128 valence electrons. The molecule has 0 radical (unpaired) electrons. The molecule has 0 aliphatic heterocycles. The van der Waals surface area contributed by atoms with E-state index in [1.165, 1.54) is 25.3 Å². The van der Waals surface area contributed by atoms with Crippen LogP contribution in [0.1, 0.15) is 12.7 Å². The Bertz CT molecular complexity index is 715. The van der Waals surface area contributed by atoms with E-state index < -0.39 is 4.92 Å². The van der Waals surface area contributed by atoms with Crippen molar-refractivity contribution < 1.29 is 23.8 Å². The van der Waals surface area contributed by atoms with Crippen molar-refractivity contribution in [3.05, 3.63) is 52.5 Å². The summed E-state index contributed by atoms with van der Waals surface area (Å²) in [6.45, 7) is 2.37. The van der Waals surface area contributed by atoms with E-state index in [9.17, 15) is 14.9 Å². The van der Waals surface area contributed by atoms with Gasteiger partial charge in [0.25, 0.3) is 11.6 Å². The van der Waals surface area contributed by atoms with Crippen LogP contribution in [-0.4, -0.2) is 31.0 Å². The highest BCUT2D eigenvalue weighted by Crippen LogP contribution is 2.28. The normalized spacial score (nSPS) is 13.1. The molecular formula is C16H20N3O5+. The minimum atomic E-state index is -0.516. The van der Waals surface area contributed by atoms with Crippen LogP contribution in [-0.2, 0) is 11.3 Å². The summed E-state index contributed by atoms with van der Waals surface area (Å²) in [5.41, 5.74) is 0.296. The van der Waals surface area contributed by atoms with Gasteiger partial charge in [0.15, 0.2) is 11.8 Å². The first-order valence-corrected chi connectivity index (χ1v) is 7.40. The Morgan fingerprint density at radius 2 is 2.21 bits per heavy atom. The number of methoxy groups -OCH3 is 1. The Morgan fingerprint density at radius 3 is 2.79 bits per heavy atom. The van der Waals surface area contributed by atoms with Gasteiger partial charge in [-0.25, -0.2) is 0 Å². The van der Waals surface area contributed by atoms with E-state index in [0.29, 0.717) is 12.2 Å². The molecule has 2 N–H and O–H groups in total. The van der Waals surface area contributed by atoms with E-state index >= 15 is 0 Å². The molecule has 1 heterocycles. The maximum atomic E-state index is 12.4. The van der Waals surface area contributed by atoms with Gasteiger partial charge in [-0.1, -0.05) is 0 Å². The average Bonchev–Trinajstić information content (AvgIpc) is 3.07. The van der Waals surface area contributed by atoms with Crippen LogP contribution >= 0.6 is 0 Å². The van der Waals surface area contributed by atoms with Gasteiger partial charge in [0.2, 0.25) is 0 Å². The molecule has 1 aromatic heterocycles. The lowest BCUT2D eigenvalue weighted by molar-refractivity contribution is -0.908. The minimum Gasteiger partial charge on any atom is -0.494 e. The Balaban J connectivity index is 2.06. The number of ether oxygens (including phenoxy) is 1. The van der Waals surface area contributed by atoms with E-state index in [2.05, 4.69) is 5.32 Å². The summed E-state index contributed by atoms with van der Waals surface area (Å²) in [5.74, 6) is 0.819. The largest absolute Gasteiger partial charge is 0.494 e. The summed E-state index contributed by atoms with van der Waals surface area (Å²) < 4.78 is 10.4. The predicted octanol–water partition coefficient (Wildman–Crippen LogP) is 1.24. The number of amides is 1. The van der Waals surface area contributed by atoms with Crippen LogP contribution < -0.4 is 15.0 Å². The van der Waals surface area contributed by atoms with Crippen LogP contribution in [0, 0.1) is 10.1 Å². The summed E-state index contributed by atoms with van der Waals surface area (Å²) in [6, 6.07) is 7.36. The Morgan fingerprint density at radius 1 is 1.46 bits per heavy atom. The number of anilines is 1. The third kappa shape index (κ3) is 4.11. The monoisotopic (exact) mass is 334 g/mol. The smallest absolute Gasteiger partial charge is 0.282 e. The summed E-state index contributed by atoms with van der Waals surface area (Å²) in [4.78, 5) is 23.7. The van der Waals surface area contributed by atoms with Crippen LogP contribution in [0.5, 0.6) is 5.75 Å². The molecule has 1 aromatic carbocycles. The Hall–Kier alpha value is -2.87. The number of benzene rings is 1. The van der Waals surface area contributed by atoms with Crippen molar-refractivity contribution in [2.75, 3.05) is 19.5 Å². The van der Waals surface area contributed by atoms with Crippen molar-refractivity contribution in [2.45, 2.75) is 19.5 Å². The predicted molar refractivity (Wildman–Crippen MR) is 87.0 cm³/mol. The minimum absolute atomic E-state index is 0.0986. The molecule has 1 amide bonds. The lowest BCUT2D eigenvalue weighted by atomic mass is 10.2. The lowest BCUT2D eigenvalue weighted by Crippen LogP contribution is -3.12. The molecule has 1 unspecified atom stereocenters. The second-order valence-electron chi connectivity index (χ2n) is 5.46. The topological polar surface area (TPSA) is 99.0 Å². The zero-order valence-electron chi connectivity index (χ0n) is 13.7. The molecule has 0 aliphatic rings. The second-order valence-corrected chi connectivity index (χ2v) is 5.46. The average molecular weight is 334 g/mol. The number of nitrogens with one attached hydrogen (secondary N) is 2. The van der Waals surface area contributed by atoms with E-state index in [1.807, 2.05) is 13.1 Å². The van der Waals surface area contributed by atoms with Crippen LogP contribution in [0.4, 0.5) is 11.4 Å². The zero-order chi connectivity index (χ0) is 17.7. The highest BCUT2D eigenvalue weighted by Gasteiger charge is 2.24. The molecule has 0 fully saturated rings. The summed E-state index contributed by atoms with van der Waals surface area (Å²) in [6.07, 6.45) is 1.59. The van der Waals surface area contributed by atoms with Gasteiger partial charge in [-0.05, 0) is 25.1 Å². The fourth-order valence-electron chi connectivity index (χ4n) is 2.20. The molecule has 2 aromatic rings. The quantitative estimate of drug-likeness (QED) is 0.586. The molecule has 0 bridgehead atoms. The number of nitro benzene ring substituents is 1. The molecule has 0 saturated heterocycles. The summed E-state index contributed by atoms with van der Waals surface area (Å²) in [5, 5.41) is 13.6. The van der Waals surface area contributed by atoms with Gasteiger partial charge in [0.1, 0.15) is 12.3 Å². The van der Waals surface area contributed by atoms with Crippen LogP contribution in [0.15, 0.2) is 41.0 Å².